The molecular weight excluding hydrogens is 198 g/mol. The van der Waals surface area contributed by atoms with Gasteiger partial charge in [0, 0.05) is 5.69 Å². The van der Waals surface area contributed by atoms with Crippen LogP contribution in [0.2, 0.25) is 0 Å². The zero-order valence-electron chi connectivity index (χ0n) is 9.65. The van der Waals surface area contributed by atoms with Crippen LogP contribution in [0.15, 0.2) is 24.5 Å². The third kappa shape index (κ3) is 1.59. The number of aryl methyl sites for hydroxylation is 2. The summed E-state index contributed by atoms with van der Waals surface area (Å²) in [6, 6.07) is 8.01. The van der Waals surface area contributed by atoms with Gasteiger partial charge in [0.25, 0.3) is 0 Å². The molecule has 0 atom stereocenters. The Morgan fingerprint density at radius 2 is 2.00 bits per heavy atom. The standard InChI is InChI=1S/C13H13N3/c1-9-4-5-12(7-14)13(6-9)16-8-15-10(2)11(16)3/h4-6,8H,1-3H3. The average Bonchev–Trinajstić information content (AvgIpc) is 2.60. The molecule has 0 radical (unpaired) electrons. The van der Waals surface area contributed by atoms with Gasteiger partial charge in [-0.2, -0.15) is 5.26 Å². The number of aromatic nitrogens is 2. The van der Waals surface area contributed by atoms with Crippen LogP contribution in [-0.2, 0) is 0 Å². The normalized spacial score (nSPS) is 10.1. The molecule has 1 aromatic carbocycles. The molecule has 0 saturated carbocycles. The van der Waals surface area contributed by atoms with Gasteiger partial charge in [-0.05, 0) is 38.5 Å². The first-order valence-electron chi connectivity index (χ1n) is 5.15. The van der Waals surface area contributed by atoms with Crippen molar-refractivity contribution in [3.63, 3.8) is 0 Å². The zero-order chi connectivity index (χ0) is 11.7. The molecule has 2 aromatic rings. The van der Waals surface area contributed by atoms with Crippen LogP contribution < -0.4 is 0 Å². The molecule has 0 aliphatic heterocycles. The minimum atomic E-state index is 0.672. The molecule has 80 valence electrons. The zero-order valence-corrected chi connectivity index (χ0v) is 9.65. The van der Waals surface area contributed by atoms with Gasteiger partial charge in [-0.1, -0.05) is 6.07 Å². The second-order valence-corrected chi connectivity index (χ2v) is 3.92. The molecule has 0 aliphatic rings. The van der Waals surface area contributed by atoms with Crippen molar-refractivity contribution >= 4 is 0 Å². The Labute approximate surface area is 95.0 Å². The molecule has 3 nitrogen and oxygen atoms in total. The largest absolute Gasteiger partial charge is 0.302 e. The van der Waals surface area contributed by atoms with E-state index in [2.05, 4.69) is 11.1 Å². The fourth-order valence-corrected chi connectivity index (χ4v) is 1.68. The van der Waals surface area contributed by atoms with Gasteiger partial charge in [0.1, 0.15) is 6.07 Å². The summed E-state index contributed by atoms with van der Waals surface area (Å²) in [7, 11) is 0. The summed E-state index contributed by atoms with van der Waals surface area (Å²) in [4.78, 5) is 4.25. The molecule has 0 unspecified atom stereocenters. The van der Waals surface area contributed by atoms with E-state index in [9.17, 15) is 0 Å². The second-order valence-electron chi connectivity index (χ2n) is 3.92. The Morgan fingerprint density at radius 3 is 2.56 bits per heavy atom. The van der Waals surface area contributed by atoms with Crippen molar-refractivity contribution in [1.29, 1.82) is 5.26 Å². The lowest BCUT2D eigenvalue weighted by Gasteiger charge is -2.08. The van der Waals surface area contributed by atoms with Crippen LogP contribution >= 0.6 is 0 Å². The molecule has 1 aromatic heterocycles. The number of imidazole rings is 1. The van der Waals surface area contributed by atoms with Crippen LogP contribution in [0.3, 0.4) is 0 Å². The topological polar surface area (TPSA) is 41.6 Å². The molecule has 0 N–H and O–H groups in total. The van der Waals surface area contributed by atoms with Crippen molar-refractivity contribution in [2.75, 3.05) is 0 Å². The Balaban J connectivity index is 2.68. The van der Waals surface area contributed by atoms with Gasteiger partial charge < -0.3 is 4.57 Å². The van der Waals surface area contributed by atoms with E-state index in [0.717, 1.165) is 22.6 Å². The second kappa shape index (κ2) is 3.82. The van der Waals surface area contributed by atoms with Crippen molar-refractivity contribution in [3.8, 4) is 11.8 Å². The predicted molar refractivity (Wildman–Crippen MR) is 62.5 cm³/mol. The van der Waals surface area contributed by atoms with Crippen LogP contribution in [0.1, 0.15) is 22.5 Å². The van der Waals surface area contributed by atoms with Crippen LogP contribution in [0.4, 0.5) is 0 Å². The number of hydrogen-bond acceptors (Lipinski definition) is 2. The van der Waals surface area contributed by atoms with E-state index in [1.807, 2.05) is 43.5 Å². The molecule has 0 spiro atoms. The number of hydrogen-bond donors (Lipinski definition) is 0. The van der Waals surface area contributed by atoms with Crippen LogP contribution in [0, 0.1) is 32.1 Å². The van der Waals surface area contributed by atoms with Crippen molar-refractivity contribution < 1.29 is 0 Å². The highest BCUT2D eigenvalue weighted by Gasteiger charge is 2.08. The Morgan fingerprint density at radius 1 is 1.25 bits per heavy atom. The first kappa shape index (κ1) is 10.4. The van der Waals surface area contributed by atoms with Gasteiger partial charge in [-0.25, -0.2) is 4.98 Å². The van der Waals surface area contributed by atoms with Crippen molar-refractivity contribution in [2.45, 2.75) is 20.8 Å². The molecule has 1 heterocycles. The summed E-state index contributed by atoms with van der Waals surface area (Å²) >= 11 is 0. The maximum Gasteiger partial charge on any atom is 0.101 e. The van der Waals surface area contributed by atoms with Gasteiger partial charge in [0.05, 0.1) is 23.3 Å². The van der Waals surface area contributed by atoms with Gasteiger partial charge in [-0.15, -0.1) is 0 Å². The monoisotopic (exact) mass is 211 g/mol. The van der Waals surface area contributed by atoms with E-state index >= 15 is 0 Å². The van der Waals surface area contributed by atoms with E-state index in [0.29, 0.717) is 5.56 Å². The van der Waals surface area contributed by atoms with Crippen molar-refractivity contribution in [3.05, 3.63) is 47.0 Å². The summed E-state index contributed by atoms with van der Waals surface area (Å²) in [5.41, 5.74) is 4.78. The maximum atomic E-state index is 9.08. The summed E-state index contributed by atoms with van der Waals surface area (Å²) in [6.45, 7) is 5.99. The molecule has 0 saturated heterocycles. The van der Waals surface area contributed by atoms with E-state index in [1.54, 1.807) is 6.33 Å². The Kier molecular flexibility index (Phi) is 2.49. The maximum absolute atomic E-state index is 9.08. The molecule has 0 bridgehead atoms. The lowest BCUT2D eigenvalue weighted by atomic mass is 10.1. The fourth-order valence-electron chi connectivity index (χ4n) is 1.68. The Bertz CT molecular complexity index is 573. The first-order chi connectivity index (χ1) is 7.63. The summed E-state index contributed by atoms with van der Waals surface area (Å²) in [5, 5.41) is 9.08. The molecular formula is C13H13N3. The smallest absolute Gasteiger partial charge is 0.101 e. The lowest BCUT2D eigenvalue weighted by molar-refractivity contribution is 0.993. The van der Waals surface area contributed by atoms with Crippen LogP contribution in [-0.4, -0.2) is 9.55 Å². The van der Waals surface area contributed by atoms with Gasteiger partial charge in [0.2, 0.25) is 0 Å². The van der Waals surface area contributed by atoms with Crippen LogP contribution in [0.25, 0.3) is 5.69 Å². The SMILES string of the molecule is Cc1ccc(C#N)c(-n2cnc(C)c2C)c1. The summed E-state index contributed by atoms with van der Waals surface area (Å²) in [5.74, 6) is 0. The van der Waals surface area contributed by atoms with Gasteiger partial charge in [-0.3, -0.25) is 0 Å². The number of nitriles is 1. The minimum Gasteiger partial charge on any atom is -0.302 e. The summed E-state index contributed by atoms with van der Waals surface area (Å²) < 4.78 is 1.96. The lowest BCUT2D eigenvalue weighted by Crippen LogP contribution is -1.99. The Hall–Kier alpha value is -2.08. The molecule has 2 rings (SSSR count). The third-order valence-electron chi connectivity index (χ3n) is 2.79. The van der Waals surface area contributed by atoms with Gasteiger partial charge >= 0.3 is 0 Å². The molecule has 0 fully saturated rings. The van der Waals surface area contributed by atoms with Gasteiger partial charge in [0.15, 0.2) is 0 Å². The van der Waals surface area contributed by atoms with E-state index in [4.69, 9.17) is 5.26 Å². The van der Waals surface area contributed by atoms with Crippen LogP contribution in [0.5, 0.6) is 0 Å². The molecule has 16 heavy (non-hydrogen) atoms. The number of nitrogens with zero attached hydrogens (tertiary/aromatic N) is 3. The average molecular weight is 211 g/mol. The summed E-state index contributed by atoms with van der Waals surface area (Å²) in [6.07, 6.45) is 1.76. The third-order valence-corrected chi connectivity index (χ3v) is 2.79. The number of rotatable bonds is 1. The first-order valence-corrected chi connectivity index (χ1v) is 5.15. The van der Waals surface area contributed by atoms with Crippen molar-refractivity contribution in [2.24, 2.45) is 0 Å². The van der Waals surface area contributed by atoms with Crippen molar-refractivity contribution in [1.82, 2.24) is 9.55 Å². The minimum absolute atomic E-state index is 0.672. The van der Waals surface area contributed by atoms with E-state index < -0.39 is 0 Å². The fraction of sp³-hybridized carbons (Fsp3) is 0.231. The highest BCUT2D eigenvalue weighted by atomic mass is 15.1. The molecule has 3 heteroatoms. The highest BCUT2D eigenvalue weighted by Crippen LogP contribution is 2.19. The quantitative estimate of drug-likeness (QED) is 0.727. The van der Waals surface area contributed by atoms with E-state index in [-0.39, 0.29) is 0 Å². The number of benzene rings is 1. The highest BCUT2D eigenvalue weighted by molar-refractivity contribution is 5.51. The predicted octanol–water partition coefficient (Wildman–Crippen LogP) is 2.67. The molecule has 0 amide bonds. The molecule has 0 aliphatic carbocycles. The van der Waals surface area contributed by atoms with E-state index in [1.165, 1.54) is 0 Å².